The topological polar surface area (TPSA) is 32.3 Å². The van der Waals surface area contributed by atoms with Gasteiger partial charge < -0.3 is 10.4 Å². The molecule has 0 saturated carbocycles. The maximum atomic E-state index is 8.70. The summed E-state index contributed by atoms with van der Waals surface area (Å²) in [6.45, 7) is 3.71. The zero-order chi connectivity index (χ0) is 8.81. The van der Waals surface area contributed by atoms with Gasteiger partial charge in [0.15, 0.2) is 0 Å². The van der Waals surface area contributed by atoms with E-state index in [-0.39, 0.29) is 0 Å². The summed E-state index contributed by atoms with van der Waals surface area (Å²) in [7, 11) is 0. The second-order valence-corrected chi connectivity index (χ2v) is 4.92. The summed E-state index contributed by atoms with van der Waals surface area (Å²) in [5.74, 6) is 1.21. The van der Waals surface area contributed by atoms with Gasteiger partial charge in [-0.15, -0.1) is 0 Å². The summed E-state index contributed by atoms with van der Waals surface area (Å²) in [5, 5.41) is 12.8. The molecular weight excluding hydrogens is 170 g/mol. The number of hydrogen-bond acceptors (Lipinski definition) is 3. The van der Waals surface area contributed by atoms with E-state index in [1.54, 1.807) is 0 Å². The Labute approximate surface area is 79.1 Å². The first-order valence-electron chi connectivity index (χ1n) is 4.78. The van der Waals surface area contributed by atoms with Gasteiger partial charge in [-0.05, 0) is 25.8 Å². The van der Waals surface area contributed by atoms with Crippen LogP contribution >= 0.6 is 11.8 Å². The first kappa shape index (κ1) is 10.4. The molecule has 1 saturated heterocycles. The van der Waals surface area contributed by atoms with Crippen LogP contribution in [0.4, 0.5) is 0 Å². The summed E-state index contributed by atoms with van der Waals surface area (Å²) in [6.07, 6.45) is 3.59. The van der Waals surface area contributed by atoms with Gasteiger partial charge in [0.25, 0.3) is 0 Å². The van der Waals surface area contributed by atoms with Crippen LogP contribution in [0.5, 0.6) is 0 Å². The molecule has 0 aromatic heterocycles. The fourth-order valence-electron chi connectivity index (χ4n) is 1.44. The lowest BCUT2D eigenvalue weighted by molar-refractivity contribution is 0.289. The van der Waals surface area contributed by atoms with Gasteiger partial charge in [-0.3, -0.25) is 0 Å². The minimum absolute atomic E-state index is 0.326. The molecule has 1 aliphatic heterocycles. The van der Waals surface area contributed by atoms with Crippen molar-refractivity contribution >= 4 is 11.8 Å². The summed E-state index contributed by atoms with van der Waals surface area (Å²) in [5.41, 5.74) is 0. The van der Waals surface area contributed by atoms with Crippen LogP contribution < -0.4 is 5.32 Å². The van der Waals surface area contributed by atoms with Crippen LogP contribution in [-0.4, -0.2) is 35.3 Å². The number of rotatable bonds is 5. The molecule has 72 valence electrons. The van der Waals surface area contributed by atoms with Crippen LogP contribution in [-0.2, 0) is 0 Å². The third kappa shape index (κ3) is 3.78. The number of hydrogen-bond donors (Lipinski definition) is 2. The van der Waals surface area contributed by atoms with E-state index < -0.39 is 0 Å². The maximum absolute atomic E-state index is 8.70. The lowest BCUT2D eigenvalue weighted by Crippen LogP contribution is -2.24. The fourth-order valence-corrected chi connectivity index (χ4v) is 2.56. The Morgan fingerprint density at radius 1 is 1.67 bits per heavy atom. The van der Waals surface area contributed by atoms with Crippen LogP contribution in [0.3, 0.4) is 0 Å². The second kappa shape index (κ2) is 5.84. The zero-order valence-electron chi connectivity index (χ0n) is 7.75. The molecule has 0 radical (unpaired) electrons. The van der Waals surface area contributed by atoms with E-state index in [1.165, 1.54) is 25.1 Å². The van der Waals surface area contributed by atoms with Crippen molar-refractivity contribution in [1.29, 1.82) is 0 Å². The average Bonchev–Trinajstić information content (AvgIpc) is 2.53. The van der Waals surface area contributed by atoms with E-state index in [0.717, 1.165) is 12.5 Å². The highest BCUT2D eigenvalue weighted by Gasteiger charge is 2.14. The standard InChI is InChI=1S/C9H19NOS/c1-8(4-6-11)12-7-9-3-2-5-10-9/h8-11H,2-7H2,1H3. The molecule has 0 aromatic carbocycles. The van der Waals surface area contributed by atoms with E-state index in [2.05, 4.69) is 12.2 Å². The molecule has 0 aliphatic carbocycles. The van der Waals surface area contributed by atoms with Crippen molar-refractivity contribution < 1.29 is 5.11 Å². The third-order valence-corrected chi connectivity index (χ3v) is 3.68. The lowest BCUT2D eigenvalue weighted by atomic mass is 10.3. The Hall–Kier alpha value is 0.270. The van der Waals surface area contributed by atoms with E-state index in [0.29, 0.717) is 11.9 Å². The summed E-state index contributed by atoms with van der Waals surface area (Å²) in [4.78, 5) is 0. The Bertz CT molecular complexity index is 115. The van der Waals surface area contributed by atoms with Gasteiger partial charge in [-0.2, -0.15) is 11.8 Å². The first-order chi connectivity index (χ1) is 5.83. The van der Waals surface area contributed by atoms with Crippen LogP contribution in [0.25, 0.3) is 0 Å². The van der Waals surface area contributed by atoms with Crippen molar-refractivity contribution in [3.63, 3.8) is 0 Å². The van der Waals surface area contributed by atoms with E-state index in [9.17, 15) is 0 Å². The Morgan fingerprint density at radius 3 is 3.08 bits per heavy atom. The SMILES string of the molecule is CC(CCO)SCC1CCCN1. The highest BCUT2D eigenvalue weighted by Crippen LogP contribution is 2.18. The van der Waals surface area contributed by atoms with Gasteiger partial charge in [0, 0.05) is 23.7 Å². The van der Waals surface area contributed by atoms with Gasteiger partial charge in [0.2, 0.25) is 0 Å². The highest BCUT2D eigenvalue weighted by molar-refractivity contribution is 7.99. The smallest absolute Gasteiger partial charge is 0.0441 e. The highest BCUT2D eigenvalue weighted by atomic mass is 32.2. The third-order valence-electron chi connectivity index (χ3n) is 2.28. The van der Waals surface area contributed by atoms with Crippen molar-refractivity contribution in [2.45, 2.75) is 37.5 Å². The van der Waals surface area contributed by atoms with Crippen molar-refractivity contribution in [3.8, 4) is 0 Å². The molecule has 1 fully saturated rings. The molecule has 0 aromatic rings. The Morgan fingerprint density at radius 2 is 2.50 bits per heavy atom. The normalized spacial score (nSPS) is 26.0. The summed E-state index contributed by atoms with van der Waals surface area (Å²) < 4.78 is 0. The van der Waals surface area contributed by atoms with Gasteiger partial charge in [0.1, 0.15) is 0 Å². The second-order valence-electron chi connectivity index (χ2n) is 3.45. The molecule has 2 atom stereocenters. The van der Waals surface area contributed by atoms with Crippen LogP contribution in [0.15, 0.2) is 0 Å². The molecule has 0 amide bonds. The van der Waals surface area contributed by atoms with Crippen LogP contribution in [0.1, 0.15) is 26.2 Å². The largest absolute Gasteiger partial charge is 0.396 e. The molecule has 0 spiro atoms. The lowest BCUT2D eigenvalue weighted by Gasteiger charge is -2.13. The van der Waals surface area contributed by atoms with Crippen LogP contribution in [0, 0.1) is 0 Å². The number of aliphatic hydroxyl groups excluding tert-OH is 1. The monoisotopic (exact) mass is 189 g/mol. The van der Waals surface area contributed by atoms with Crippen LogP contribution in [0.2, 0.25) is 0 Å². The van der Waals surface area contributed by atoms with E-state index in [4.69, 9.17) is 5.11 Å². The molecule has 3 heteroatoms. The molecule has 2 nitrogen and oxygen atoms in total. The number of thioether (sulfide) groups is 1. The zero-order valence-corrected chi connectivity index (χ0v) is 8.57. The van der Waals surface area contributed by atoms with Gasteiger partial charge in [-0.1, -0.05) is 6.92 Å². The predicted octanol–water partition coefficient (Wildman–Crippen LogP) is 1.24. The predicted molar refractivity (Wildman–Crippen MR) is 54.6 cm³/mol. The molecular formula is C9H19NOS. The number of aliphatic hydroxyl groups is 1. The minimum atomic E-state index is 0.326. The van der Waals surface area contributed by atoms with Gasteiger partial charge in [-0.25, -0.2) is 0 Å². The average molecular weight is 189 g/mol. The maximum Gasteiger partial charge on any atom is 0.0441 e. The molecule has 2 N–H and O–H groups in total. The Balaban J connectivity index is 1.99. The minimum Gasteiger partial charge on any atom is -0.396 e. The first-order valence-corrected chi connectivity index (χ1v) is 5.83. The van der Waals surface area contributed by atoms with Crippen molar-refractivity contribution in [2.75, 3.05) is 18.9 Å². The van der Waals surface area contributed by atoms with E-state index in [1.807, 2.05) is 11.8 Å². The number of nitrogens with one attached hydrogen (secondary N) is 1. The van der Waals surface area contributed by atoms with Gasteiger partial charge in [0.05, 0.1) is 0 Å². The summed E-state index contributed by atoms with van der Waals surface area (Å²) >= 11 is 1.98. The van der Waals surface area contributed by atoms with E-state index >= 15 is 0 Å². The quantitative estimate of drug-likeness (QED) is 0.682. The molecule has 0 bridgehead atoms. The van der Waals surface area contributed by atoms with Crippen molar-refractivity contribution in [2.24, 2.45) is 0 Å². The molecule has 2 unspecified atom stereocenters. The molecule has 12 heavy (non-hydrogen) atoms. The summed E-state index contributed by atoms with van der Waals surface area (Å²) in [6, 6.07) is 0.733. The van der Waals surface area contributed by atoms with Gasteiger partial charge >= 0.3 is 0 Å². The fraction of sp³-hybridized carbons (Fsp3) is 1.00. The molecule has 1 heterocycles. The molecule has 1 aliphatic rings. The van der Waals surface area contributed by atoms with Crippen molar-refractivity contribution in [3.05, 3.63) is 0 Å². The van der Waals surface area contributed by atoms with Crippen molar-refractivity contribution in [1.82, 2.24) is 5.32 Å². The Kier molecular flexibility index (Phi) is 5.04. The molecule has 1 rings (SSSR count).